The van der Waals surface area contributed by atoms with Crippen LogP contribution in [-0.2, 0) is 4.79 Å². The van der Waals surface area contributed by atoms with E-state index in [0.29, 0.717) is 12.8 Å². The first kappa shape index (κ1) is 16.9. The van der Waals surface area contributed by atoms with Crippen LogP contribution in [0, 0.1) is 0 Å². The SMILES string of the molecule is O=C1CCCCC12N=c1cccc(N(c3ccccc3)c3ccccc3)c1=N2. The van der Waals surface area contributed by atoms with Crippen molar-refractivity contribution in [2.75, 3.05) is 4.90 Å². The van der Waals surface area contributed by atoms with Crippen LogP contribution in [-0.4, -0.2) is 11.4 Å². The second kappa shape index (κ2) is 6.71. The summed E-state index contributed by atoms with van der Waals surface area (Å²) in [6.07, 6.45) is 3.20. The summed E-state index contributed by atoms with van der Waals surface area (Å²) >= 11 is 0. The van der Waals surface area contributed by atoms with Gasteiger partial charge in [-0.2, -0.15) is 0 Å². The average molecular weight is 367 g/mol. The van der Waals surface area contributed by atoms with Crippen LogP contribution in [0.3, 0.4) is 0 Å². The number of anilines is 3. The van der Waals surface area contributed by atoms with Crippen LogP contribution < -0.4 is 15.6 Å². The Bertz CT molecular complexity index is 1100. The van der Waals surface area contributed by atoms with Gasteiger partial charge in [0.15, 0.2) is 5.78 Å². The summed E-state index contributed by atoms with van der Waals surface area (Å²) in [6.45, 7) is 0. The fourth-order valence-electron chi connectivity index (χ4n) is 4.13. The Labute approximate surface area is 163 Å². The summed E-state index contributed by atoms with van der Waals surface area (Å²) in [5.74, 6) is 0.145. The Morgan fingerprint density at radius 1 is 0.750 bits per heavy atom. The maximum Gasteiger partial charge on any atom is 0.209 e. The van der Waals surface area contributed by atoms with Gasteiger partial charge in [-0.15, -0.1) is 0 Å². The van der Waals surface area contributed by atoms with Crippen LogP contribution >= 0.6 is 0 Å². The number of ketones is 1. The summed E-state index contributed by atoms with van der Waals surface area (Å²) in [7, 11) is 0. The molecule has 4 heteroatoms. The lowest BCUT2D eigenvalue weighted by molar-refractivity contribution is -0.125. The standard InChI is InChI=1S/C24H21N3O/c28-22-16-7-8-17-24(22)25-20-14-9-15-21(23(20)26-24)27(18-10-3-1-4-11-18)19-12-5-2-6-13-19/h1-6,9-15H,7-8,16-17H2. The van der Waals surface area contributed by atoms with Gasteiger partial charge in [-0.25, -0.2) is 9.98 Å². The van der Waals surface area contributed by atoms with E-state index in [0.717, 1.165) is 40.6 Å². The molecule has 1 aliphatic carbocycles. The van der Waals surface area contributed by atoms with E-state index in [-0.39, 0.29) is 5.78 Å². The first-order valence-electron chi connectivity index (χ1n) is 9.79. The van der Waals surface area contributed by atoms with Gasteiger partial charge in [-0.1, -0.05) is 42.5 Å². The van der Waals surface area contributed by atoms with Crippen molar-refractivity contribution >= 4 is 22.8 Å². The summed E-state index contributed by atoms with van der Waals surface area (Å²) in [5, 5.41) is 1.62. The number of Topliss-reactive ketones (excluding diaryl/α,β-unsaturated/α-hetero) is 1. The third-order valence-corrected chi connectivity index (χ3v) is 5.49. The largest absolute Gasteiger partial charge is 0.308 e. The molecule has 2 aliphatic rings. The zero-order valence-electron chi connectivity index (χ0n) is 15.6. The number of hydrogen-bond acceptors (Lipinski definition) is 4. The van der Waals surface area contributed by atoms with Crippen LogP contribution in [0.1, 0.15) is 25.7 Å². The van der Waals surface area contributed by atoms with E-state index in [2.05, 4.69) is 35.2 Å². The predicted octanol–water partition coefficient (Wildman–Crippen LogP) is 4.25. The van der Waals surface area contributed by atoms with Crippen molar-refractivity contribution in [1.29, 1.82) is 0 Å². The smallest absolute Gasteiger partial charge is 0.209 e. The quantitative estimate of drug-likeness (QED) is 0.695. The lowest BCUT2D eigenvalue weighted by Gasteiger charge is -2.26. The highest BCUT2D eigenvalue weighted by Gasteiger charge is 2.41. The highest BCUT2D eigenvalue weighted by Crippen LogP contribution is 2.34. The molecule has 1 heterocycles. The molecule has 1 spiro atoms. The van der Waals surface area contributed by atoms with Gasteiger partial charge in [0.2, 0.25) is 5.66 Å². The minimum Gasteiger partial charge on any atom is -0.308 e. The highest BCUT2D eigenvalue weighted by molar-refractivity contribution is 5.89. The van der Waals surface area contributed by atoms with Gasteiger partial charge in [0.25, 0.3) is 0 Å². The molecule has 3 aromatic carbocycles. The normalized spacial score (nSPS) is 20.4. The van der Waals surface area contributed by atoms with Gasteiger partial charge in [-0.3, -0.25) is 4.79 Å². The topological polar surface area (TPSA) is 45.0 Å². The number of carbonyl (C=O) groups is 1. The van der Waals surface area contributed by atoms with Crippen LogP contribution in [0.5, 0.6) is 0 Å². The first-order chi connectivity index (χ1) is 13.8. The fraction of sp³-hybridized carbons (Fsp3) is 0.208. The van der Waals surface area contributed by atoms with Crippen molar-refractivity contribution < 1.29 is 4.79 Å². The van der Waals surface area contributed by atoms with E-state index in [9.17, 15) is 4.79 Å². The minimum atomic E-state index is -0.907. The zero-order chi connectivity index (χ0) is 19.0. The molecule has 1 fully saturated rings. The molecule has 0 aromatic heterocycles. The molecule has 0 radical (unpaired) electrons. The Balaban J connectivity index is 1.73. The molecule has 1 saturated carbocycles. The third-order valence-electron chi connectivity index (χ3n) is 5.49. The Hall–Kier alpha value is -3.27. The third kappa shape index (κ3) is 2.73. The summed E-state index contributed by atoms with van der Waals surface area (Å²) in [6, 6.07) is 26.5. The zero-order valence-corrected chi connectivity index (χ0v) is 15.6. The van der Waals surface area contributed by atoms with E-state index in [1.807, 2.05) is 48.5 Å². The fourth-order valence-corrected chi connectivity index (χ4v) is 4.13. The molecule has 1 unspecified atom stereocenters. The Morgan fingerprint density at radius 3 is 2.07 bits per heavy atom. The van der Waals surface area contributed by atoms with E-state index in [1.54, 1.807) is 0 Å². The van der Waals surface area contributed by atoms with Crippen LogP contribution in [0.25, 0.3) is 0 Å². The minimum absolute atomic E-state index is 0.145. The molecule has 0 amide bonds. The van der Waals surface area contributed by atoms with Crippen molar-refractivity contribution in [1.82, 2.24) is 0 Å². The van der Waals surface area contributed by atoms with Gasteiger partial charge in [-0.05, 0) is 49.2 Å². The predicted molar refractivity (Wildman–Crippen MR) is 110 cm³/mol. The van der Waals surface area contributed by atoms with Crippen molar-refractivity contribution in [3.8, 4) is 0 Å². The van der Waals surface area contributed by atoms with Gasteiger partial charge in [0.05, 0.1) is 11.0 Å². The number of rotatable bonds is 3. The number of benzene rings is 3. The number of carbonyl (C=O) groups excluding carboxylic acids is 1. The molecule has 138 valence electrons. The Kier molecular flexibility index (Phi) is 4.05. The van der Waals surface area contributed by atoms with Crippen molar-refractivity contribution in [2.24, 2.45) is 9.98 Å². The lowest BCUT2D eigenvalue weighted by atomic mass is 9.89. The van der Waals surface area contributed by atoms with Crippen LogP contribution in [0.2, 0.25) is 0 Å². The summed E-state index contributed by atoms with van der Waals surface area (Å²) in [5.41, 5.74) is 2.14. The lowest BCUT2D eigenvalue weighted by Crippen LogP contribution is -2.37. The van der Waals surface area contributed by atoms with Gasteiger partial charge in [0.1, 0.15) is 5.36 Å². The summed E-state index contributed by atoms with van der Waals surface area (Å²) < 4.78 is 0. The molecular formula is C24H21N3O. The van der Waals surface area contributed by atoms with Crippen LogP contribution in [0.4, 0.5) is 17.1 Å². The maximum absolute atomic E-state index is 12.7. The second-order valence-electron chi connectivity index (χ2n) is 7.32. The van der Waals surface area contributed by atoms with Crippen molar-refractivity contribution in [2.45, 2.75) is 31.3 Å². The van der Waals surface area contributed by atoms with E-state index in [1.165, 1.54) is 0 Å². The number of nitrogens with zero attached hydrogens (tertiary/aromatic N) is 3. The first-order valence-corrected chi connectivity index (χ1v) is 9.79. The van der Waals surface area contributed by atoms with E-state index < -0.39 is 5.66 Å². The Morgan fingerprint density at radius 2 is 1.43 bits per heavy atom. The molecular weight excluding hydrogens is 346 g/mol. The number of hydrogen-bond donors (Lipinski definition) is 0. The van der Waals surface area contributed by atoms with Gasteiger partial charge in [0, 0.05) is 24.2 Å². The molecule has 1 aliphatic heterocycles. The number of fused-ring (bicyclic) bond motifs is 1. The van der Waals surface area contributed by atoms with Gasteiger partial charge < -0.3 is 4.90 Å². The van der Waals surface area contributed by atoms with E-state index >= 15 is 0 Å². The van der Waals surface area contributed by atoms with Crippen molar-refractivity contribution in [3.63, 3.8) is 0 Å². The molecule has 28 heavy (non-hydrogen) atoms. The van der Waals surface area contributed by atoms with E-state index in [4.69, 9.17) is 9.98 Å². The van der Waals surface area contributed by atoms with Gasteiger partial charge >= 0.3 is 0 Å². The second-order valence-corrected chi connectivity index (χ2v) is 7.32. The molecule has 1 atom stereocenters. The summed E-state index contributed by atoms with van der Waals surface area (Å²) in [4.78, 5) is 24.6. The molecule has 4 nitrogen and oxygen atoms in total. The molecule has 0 saturated heterocycles. The number of para-hydroxylation sites is 3. The maximum atomic E-state index is 12.7. The molecule has 5 rings (SSSR count). The van der Waals surface area contributed by atoms with Crippen LogP contribution in [0.15, 0.2) is 88.8 Å². The molecule has 0 bridgehead atoms. The highest BCUT2D eigenvalue weighted by atomic mass is 16.1. The molecule has 3 aromatic rings. The average Bonchev–Trinajstić information content (AvgIpc) is 3.12. The monoisotopic (exact) mass is 367 g/mol. The molecule has 0 N–H and O–H groups in total. The van der Waals surface area contributed by atoms with Crippen molar-refractivity contribution in [3.05, 3.63) is 89.6 Å².